The first-order chi connectivity index (χ1) is 13.7. The highest BCUT2D eigenvalue weighted by Gasteiger charge is 2.20. The van der Waals surface area contributed by atoms with Gasteiger partial charge in [-0.15, -0.1) is 0 Å². The normalized spacial score (nSPS) is 14.1. The van der Waals surface area contributed by atoms with E-state index in [1.807, 2.05) is 12.1 Å². The molecule has 1 aliphatic rings. The molecule has 0 bridgehead atoms. The molecule has 0 radical (unpaired) electrons. The molecule has 1 saturated heterocycles. The number of anilines is 2. The molecule has 0 aliphatic carbocycles. The van der Waals surface area contributed by atoms with E-state index in [-0.39, 0.29) is 0 Å². The van der Waals surface area contributed by atoms with Crippen molar-refractivity contribution in [1.82, 2.24) is 19.5 Å². The summed E-state index contributed by atoms with van der Waals surface area (Å²) in [5, 5.41) is 0. The molecule has 1 aliphatic heterocycles. The summed E-state index contributed by atoms with van der Waals surface area (Å²) in [6, 6.07) is 16.3. The molecule has 0 spiro atoms. The quantitative estimate of drug-likeness (QED) is 0.591. The Labute approximate surface area is 163 Å². The van der Waals surface area contributed by atoms with Gasteiger partial charge in [-0.2, -0.15) is 0 Å². The smallest absolute Gasteiger partial charge is 0.167 e. The van der Waals surface area contributed by atoms with Gasteiger partial charge < -0.3 is 10.6 Å². The van der Waals surface area contributed by atoms with E-state index in [1.165, 1.54) is 18.4 Å². The Hall–Kier alpha value is -3.41. The molecule has 2 N–H and O–H groups in total. The second-order valence-electron chi connectivity index (χ2n) is 7.25. The minimum Gasteiger partial charge on any atom is -0.383 e. The van der Waals surface area contributed by atoms with Crippen LogP contribution in [0.3, 0.4) is 0 Å². The fourth-order valence-corrected chi connectivity index (χ4v) is 3.80. The predicted molar refractivity (Wildman–Crippen MR) is 113 cm³/mol. The number of aryl methyl sites for hydroxylation is 1. The van der Waals surface area contributed by atoms with E-state index in [9.17, 15) is 0 Å². The molecule has 0 saturated carbocycles. The van der Waals surface area contributed by atoms with Gasteiger partial charge in [0, 0.05) is 25.0 Å². The van der Waals surface area contributed by atoms with Gasteiger partial charge in [0.05, 0.1) is 5.56 Å². The van der Waals surface area contributed by atoms with Gasteiger partial charge in [0.15, 0.2) is 11.5 Å². The van der Waals surface area contributed by atoms with Crippen molar-refractivity contribution in [2.24, 2.45) is 0 Å². The van der Waals surface area contributed by atoms with Crippen molar-refractivity contribution in [3.05, 3.63) is 60.3 Å². The number of hydrogen-bond acceptors (Lipinski definition) is 5. The molecular weight excluding hydrogens is 348 g/mol. The SMILES string of the molecule is Cc1ccc(-n2c(-c3cccnc3N)nc3ccc(N4CCCC4)nc32)cc1. The molecule has 0 atom stereocenters. The Balaban J connectivity index is 1.77. The lowest BCUT2D eigenvalue weighted by molar-refractivity contribution is 0.938. The number of nitrogen functional groups attached to an aromatic ring is 1. The monoisotopic (exact) mass is 370 g/mol. The highest BCUT2D eigenvalue weighted by atomic mass is 15.2. The number of aromatic nitrogens is 4. The third-order valence-corrected chi connectivity index (χ3v) is 5.29. The lowest BCUT2D eigenvalue weighted by Gasteiger charge is -2.16. The molecule has 6 nitrogen and oxygen atoms in total. The van der Waals surface area contributed by atoms with Gasteiger partial charge in [-0.3, -0.25) is 4.57 Å². The maximum absolute atomic E-state index is 6.18. The first-order valence-electron chi connectivity index (χ1n) is 9.63. The zero-order valence-corrected chi connectivity index (χ0v) is 15.8. The summed E-state index contributed by atoms with van der Waals surface area (Å²) in [6.07, 6.45) is 4.13. The second kappa shape index (κ2) is 6.64. The van der Waals surface area contributed by atoms with Crippen molar-refractivity contribution in [3.63, 3.8) is 0 Å². The number of rotatable bonds is 3. The first-order valence-corrected chi connectivity index (χ1v) is 9.63. The van der Waals surface area contributed by atoms with Gasteiger partial charge in [0.2, 0.25) is 0 Å². The molecule has 4 aromatic rings. The number of imidazole rings is 1. The fourth-order valence-electron chi connectivity index (χ4n) is 3.80. The van der Waals surface area contributed by atoms with Gasteiger partial charge in [-0.05, 0) is 56.2 Å². The van der Waals surface area contributed by atoms with Crippen LogP contribution in [-0.2, 0) is 0 Å². The van der Waals surface area contributed by atoms with E-state index < -0.39 is 0 Å². The standard InChI is InChI=1S/C22H22N6/c1-15-6-8-16(9-7-15)28-21(17-5-4-12-24-20(17)23)25-18-10-11-19(26-22(18)28)27-13-2-3-14-27/h4-12H,2-3,13-14H2,1H3,(H2,23,24). The molecular formula is C22H22N6. The maximum atomic E-state index is 6.18. The largest absolute Gasteiger partial charge is 0.383 e. The van der Waals surface area contributed by atoms with Crippen LogP contribution in [-0.4, -0.2) is 32.6 Å². The van der Waals surface area contributed by atoms with E-state index >= 15 is 0 Å². The van der Waals surface area contributed by atoms with Gasteiger partial charge in [0.1, 0.15) is 17.2 Å². The summed E-state index contributed by atoms with van der Waals surface area (Å²) in [6.45, 7) is 4.19. The van der Waals surface area contributed by atoms with Crippen LogP contribution in [0, 0.1) is 6.92 Å². The Morgan fingerprint density at radius 1 is 0.929 bits per heavy atom. The third-order valence-electron chi connectivity index (χ3n) is 5.29. The van der Waals surface area contributed by atoms with Crippen LogP contribution in [0.15, 0.2) is 54.7 Å². The molecule has 1 fully saturated rings. The lowest BCUT2D eigenvalue weighted by atomic mass is 10.2. The van der Waals surface area contributed by atoms with Crippen molar-refractivity contribution in [1.29, 1.82) is 0 Å². The van der Waals surface area contributed by atoms with Gasteiger partial charge in [0.25, 0.3) is 0 Å². The van der Waals surface area contributed by atoms with Crippen LogP contribution >= 0.6 is 0 Å². The third kappa shape index (κ3) is 2.78. The van der Waals surface area contributed by atoms with Crippen molar-refractivity contribution in [2.75, 3.05) is 23.7 Å². The topological polar surface area (TPSA) is 72.9 Å². The zero-order valence-electron chi connectivity index (χ0n) is 15.8. The molecule has 1 aromatic carbocycles. The van der Waals surface area contributed by atoms with Crippen LogP contribution < -0.4 is 10.6 Å². The van der Waals surface area contributed by atoms with Crippen LogP contribution in [0.4, 0.5) is 11.6 Å². The van der Waals surface area contributed by atoms with Gasteiger partial charge in [-0.1, -0.05) is 17.7 Å². The van der Waals surface area contributed by atoms with E-state index in [0.717, 1.165) is 47.1 Å². The number of hydrogen-bond donors (Lipinski definition) is 1. The number of benzene rings is 1. The summed E-state index contributed by atoms with van der Waals surface area (Å²) in [5.41, 5.74) is 10.9. The number of fused-ring (bicyclic) bond motifs is 1. The highest BCUT2D eigenvalue weighted by molar-refractivity contribution is 5.83. The molecule has 6 heteroatoms. The maximum Gasteiger partial charge on any atom is 0.167 e. The molecule has 140 valence electrons. The van der Waals surface area contributed by atoms with Crippen molar-refractivity contribution in [3.8, 4) is 17.1 Å². The number of pyridine rings is 2. The molecule has 5 rings (SSSR count). The van der Waals surface area contributed by atoms with E-state index in [4.69, 9.17) is 15.7 Å². The second-order valence-corrected chi connectivity index (χ2v) is 7.25. The number of nitrogens with two attached hydrogens (primary N) is 1. The van der Waals surface area contributed by atoms with Crippen LogP contribution in [0.1, 0.15) is 18.4 Å². The predicted octanol–water partition coefficient (Wildman–Crippen LogP) is 3.97. The lowest BCUT2D eigenvalue weighted by Crippen LogP contribution is -2.19. The van der Waals surface area contributed by atoms with Gasteiger partial charge >= 0.3 is 0 Å². The minimum atomic E-state index is 0.464. The number of nitrogens with zero attached hydrogens (tertiary/aromatic N) is 5. The summed E-state index contributed by atoms with van der Waals surface area (Å²) in [4.78, 5) is 16.5. The van der Waals surface area contributed by atoms with Gasteiger partial charge in [-0.25, -0.2) is 15.0 Å². The summed E-state index contributed by atoms with van der Waals surface area (Å²) in [7, 11) is 0. The van der Waals surface area contributed by atoms with E-state index in [1.54, 1.807) is 6.20 Å². The molecule has 3 aromatic heterocycles. The molecule has 28 heavy (non-hydrogen) atoms. The molecule has 0 amide bonds. The van der Waals surface area contributed by atoms with Crippen molar-refractivity contribution >= 4 is 22.8 Å². The van der Waals surface area contributed by atoms with E-state index in [0.29, 0.717) is 5.82 Å². The summed E-state index contributed by atoms with van der Waals surface area (Å²) >= 11 is 0. The summed E-state index contributed by atoms with van der Waals surface area (Å²) in [5.74, 6) is 2.23. The van der Waals surface area contributed by atoms with Crippen LogP contribution in [0.25, 0.3) is 28.2 Å². The summed E-state index contributed by atoms with van der Waals surface area (Å²) < 4.78 is 2.09. The Morgan fingerprint density at radius 2 is 1.71 bits per heavy atom. The fraction of sp³-hybridized carbons (Fsp3) is 0.227. The van der Waals surface area contributed by atoms with Crippen LogP contribution in [0.5, 0.6) is 0 Å². The Bertz CT molecular complexity index is 1140. The first kappa shape index (κ1) is 16.7. The van der Waals surface area contributed by atoms with Crippen LogP contribution in [0.2, 0.25) is 0 Å². The average molecular weight is 370 g/mol. The molecule has 4 heterocycles. The highest BCUT2D eigenvalue weighted by Crippen LogP contribution is 2.31. The zero-order chi connectivity index (χ0) is 19.1. The minimum absolute atomic E-state index is 0.464. The van der Waals surface area contributed by atoms with Crippen molar-refractivity contribution < 1.29 is 0 Å². The van der Waals surface area contributed by atoms with Crippen molar-refractivity contribution in [2.45, 2.75) is 19.8 Å². The van der Waals surface area contributed by atoms with E-state index in [2.05, 4.69) is 57.8 Å². The molecule has 0 unspecified atom stereocenters. The Kier molecular flexibility index (Phi) is 3.97. The Morgan fingerprint density at radius 3 is 2.46 bits per heavy atom. The average Bonchev–Trinajstić information content (AvgIpc) is 3.36.